The number of nitrogens with zero attached hydrogens (tertiary/aromatic N) is 6. The van der Waals surface area contributed by atoms with Crippen molar-refractivity contribution in [3.63, 3.8) is 0 Å². The molecule has 0 spiro atoms. The van der Waals surface area contributed by atoms with Crippen LogP contribution in [0.5, 0.6) is 0 Å². The lowest BCUT2D eigenvalue weighted by molar-refractivity contribution is -0.146. The summed E-state index contributed by atoms with van der Waals surface area (Å²) >= 11 is 0. The van der Waals surface area contributed by atoms with Crippen molar-refractivity contribution in [3.8, 4) is 0 Å². The van der Waals surface area contributed by atoms with Crippen molar-refractivity contribution < 1.29 is 17.9 Å². The fourth-order valence-corrected chi connectivity index (χ4v) is 2.99. The van der Waals surface area contributed by atoms with Crippen LogP contribution in [0.15, 0.2) is 30.5 Å². The van der Waals surface area contributed by atoms with Crippen LogP contribution in [0.4, 0.5) is 24.8 Å². The molecule has 1 saturated heterocycles. The van der Waals surface area contributed by atoms with Crippen molar-refractivity contribution in [2.45, 2.75) is 25.7 Å². The summed E-state index contributed by atoms with van der Waals surface area (Å²) in [7, 11) is 0. The van der Waals surface area contributed by atoms with E-state index in [2.05, 4.69) is 30.5 Å². The largest absolute Gasteiger partial charge is 0.453 e. The van der Waals surface area contributed by atoms with E-state index in [1.807, 2.05) is 19.1 Å². The lowest BCUT2D eigenvalue weighted by Crippen LogP contribution is -2.41. The summed E-state index contributed by atoms with van der Waals surface area (Å²) in [5.41, 5.74) is 0.912. The summed E-state index contributed by atoms with van der Waals surface area (Å²) in [4.78, 5) is 6.63. The van der Waals surface area contributed by atoms with E-state index in [1.54, 1.807) is 12.3 Å². The molecule has 1 aliphatic heterocycles. The molecular formula is C17H18F3N7O. The second kappa shape index (κ2) is 7.23. The van der Waals surface area contributed by atoms with Gasteiger partial charge in [-0.3, -0.25) is 0 Å². The maximum Gasteiger partial charge on any atom is 0.453 e. The number of hydrogen-bond donors (Lipinski definition) is 1. The smallest absolute Gasteiger partial charge is 0.375 e. The average Bonchev–Trinajstić information content (AvgIpc) is 3.10. The van der Waals surface area contributed by atoms with Gasteiger partial charge < -0.3 is 15.0 Å². The summed E-state index contributed by atoms with van der Waals surface area (Å²) in [6.45, 7) is 4.64. The zero-order valence-electron chi connectivity index (χ0n) is 15.0. The molecule has 1 atom stereocenters. The van der Waals surface area contributed by atoms with Gasteiger partial charge in [0.05, 0.1) is 12.7 Å². The molecule has 1 N–H and O–H groups in total. The van der Waals surface area contributed by atoms with Gasteiger partial charge in [0.2, 0.25) is 0 Å². The van der Waals surface area contributed by atoms with E-state index in [0.29, 0.717) is 17.7 Å². The first-order valence-corrected chi connectivity index (χ1v) is 8.75. The number of halogens is 3. The van der Waals surface area contributed by atoms with Crippen molar-refractivity contribution in [1.29, 1.82) is 0 Å². The minimum atomic E-state index is -4.62. The molecule has 4 heterocycles. The van der Waals surface area contributed by atoms with Crippen LogP contribution in [-0.2, 0) is 17.5 Å². The van der Waals surface area contributed by atoms with E-state index in [-0.39, 0.29) is 17.6 Å². The Morgan fingerprint density at radius 1 is 1.21 bits per heavy atom. The van der Waals surface area contributed by atoms with Crippen LogP contribution in [0.25, 0.3) is 5.65 Å². The average molecular weight is 393 g/mol. The normalized spacial score (nSPS) is 17.9. The minimum Gasteiger partial charge on any atom is -0.375 e. The fraction of sp³-hybridized carbons (Fsp3) is 0.412. The number of ether oxygens (including phenoxy) is 1. The topological polar surface area (TPSA) is 80.5 Å². The Bertz CT molecular complexity index is 958. The first-order valence-electron chi connectivity index (χ1n) is 8.75. The molecule has 11 heteroatoms. The lowest BCUT2D eigenvalue weighted by Gasteiger charge is -2.32. The lowest BCUT2D eigenvalue weighted by atomic mass is 10.2. The summed E-state index contributed by atoms with van der Waals surface area (Å²) in [6, 6.07) is 6.83. The molecule has 0 aliphatic carbocycles. The van der Waals surface area contributed by atoms with E-state index in [9.17, 15) is 13.2 Å². The predicted molar refractivity (Wildman–Crippen MR) is 95.0 cm³/mol. The molecule has 0 amide bonds. The number of rotatable bonds is 4. The molecule has 1 unspecified atom stereocenters. The van der Waals surface area contributed by atoms with E-state index in [1.165, 1.54) is 6.07 Å². The Morgan fingerprint density at radius 3 is 2.79 bits per heavy atom. The van der Waals surface area contributed by atoms with Crippen molar-refractivity contribution in [2.75, 3.05) is 29.9 Å². The van der Waals surface area contributed by atoms with E-state index in [0.717, 1.165) is 24.5 Å². The number of alkyl halides is 3. The maximum absolute atomic E-state index is 12.9. The van der Waals surface area contributed by atoms with Crippen LogP contribution >= 0.6 is 0 Å². The Kier molecular flexibility index (Phi) is 4.75. The highest BCUT2D eigenvalue weighted by Crippen LogP contribution is 2.27. The quantitative estimate of drug-likeness (QED) is 0.729. The first kappa shape index (κ1) is 18.4. The highest BCUT2D eigenvalue weighted by atomic mass is 19.4. The molecule has 28 heavy (non-hydrogen) atoms. The molecule has 0 bridgehead atoms. The summed E-state index contributed by atoms with van der Waals surface area (Å²) in [5, 5.41) is 13.6. The highest BCUT2D eigenvalue weighted by Gasteiger charge is 2.37. The zero-order valence-corrected chi connectivity index (χ0v) is 15.0. The molecule has 0 radical (unpaired) electrons. The SMILES string of the molecule is CC1CN(c2ccc(CNc3ccc4nnc(C(F)(F)F)n4n3)cn2)CCO1. The van der Waals surface area contributed by atoms with E-state index < -0.39 is 12.0 Å². The van der Waals surface area contributed by atoms with Crippen LogP contribution in [0.2, 0.25) is 0 Å². The van der Waals surface area contributed by atoms with Gasteiger partial charge in [0.1, 0.15) is 11.6 Å². The van der Waals surface area contributed by atoms with Gasteiger partial charge in [-0.1, -0.05) is 6.07 Å². The number of nitrogens with one attached hydrogen (secondary N) is 1. The summed E-state index contributed by atoms with van der Waals surface area (Å²) < 4.78 is 45.0. The van der Waals surface area contributed by atoms with Crippen LogP contribution in [0.3, 0.4) is 0 Å². The highest BCUT2D eigenvalue weighted by molar-refractivity contribution is 5.45. The second-order valence-electron chi connectivity index (χ2n) is 6.52. The van der Waals surface area contributed by atoms with Gasteiger partial charge >= 0.3 is 6.18 Å². The van der Waals surface area contributed by atoms with Gasteiger partial charge in [0.25, 0.3) is 5.82 Å². The Balaban J connectivity index is 1.44. The third-order valence-corrected chi connectivity index (χ3v) is 4.36. The van der Waals surface area contributed by atoms with Crippen molar-refractivity contribution >= 4 is 17.3 Å². The summed E-state index contributed by atoms with van der Waals surface area (Å²) in [5.74, 6) is -0.00135. The number of anilines is 2. The van der Waals surface area contributed by atoms with Crippen LogP contribution in [0, 0.1) is 0 Å². The first-order chi connectivity index (χ1) is 13.4. The molecule has 8 nitrogen and oxygen atoms in total. The second-order valence-corrected chi connectivity index (χ2v) is 6.52. The van der Waals surface area contributed by atoms with Gasteiger partial charge in [0, 0.05) is 25.8 Å². The third-order valence-electron chi connectivity index (χ3n) is 4.36. The predicted octanol–water partition coefficient (Wildman–Crippen LogP) is 2.38. The zero-order chi connectivity index (χ0) is 19.7. The van der Waals surface area contributed by atoms with Crippen molar-refractivity contribution in [3.05, 3.63) is 41.9 Å². The van der Waals surface area contributed by atoms with Crippen molar-refractivity contribution in [2.24, 2.45) is 0 Å². The fourth-order valence-electron chi connectivity index (χ4n) is 2.99. The van der Waals surface area contributed by atoms with Gasteiger partial charge in [-0.15, -0.1) is 15.3 Å². The molecule has 3 aromatic heterocycles. The van der Waals surface area contributed by atoms with Crippen LogP contribution in [0.1, 0.15) is 18.3 Å². The number of fused-ring (bicyclic) bond motifs is 1. The van der Waals surface area contributed by atoms with Crippen LogP contribution < -0.4 is 10.2 Å². The number of morpholine rings is 1. The Hall–Kier alpha value is -2.95. The van der Waals surface area contributed by atoms with Crippen LogP contribution in [-0.4, -0.2) is 50.6 Å². The van der Waals surface area contributed by atoms with Gasteiger partial charge in [-0.2, -0.15) is 17.7 Å². The molecule has 0 aromatic carbocycles. The standard InChI is InChI=1S/C17H18F3N7O/c1-11-10-26(6-7-28-11)14-4-2-12(9-22-14)8-21-13-3-5-15-23-24-16(17(18,19)20)27(15)25-13/h2-5,9,11H,6-8,10H2,1H3,(H,21,25). The molecule has 1 aliphatic rings. The number of pyridine rings is 1. The van der Waals surface area contributed by atoms with Gasteiger partial charge in [-0.05, 0) is 30.7 Å². The maximum atomic E-state index is 12.9. The van der Waals surface area contributed by atoms with E-state index in [4.69, 9.17) is 4.74 Å². The Morgan fingerprint density at radius 2 is 2.07 bits per heavy atom. The van der Waals surface area contributed by atoms with Gasteiger partial charge in [-0.25, -0.2) is 4.98 Å². The van der Waals surface area contributed by atoms with Crippen molar-refractivity contribution in [1.82, 2.24) is 24.8 Å². The minimum absolute atomic E-state index is 0.0311. The molecule has 0 saturated carbocycles. The van der Waals surface area contributed by atoms with Gasteiger partial charge in [0.15, 0.2) is 5.65 Å². The molecule has 1 fully saturated rings. The molecular weight excluding hydrogens is 375 g/mol. The molecule has 148 valence electrons. The summed E-state index contributed by atoms with van der Waals surface area (Å²) in [6.07, 6.45) is -2.72. The molecule has 4 rings (SSSR count). The van der Waals surface area contributed by atoms with E-state index >= 15 is 0 Å². The third kappa shape index (κ3) is 3.84. The monoisotopic (exact) mass is 393 g/mol. The molecule has 3 aromatic rings. The number of hydrogen-bond acceptors (Lipinski definition) is 7. The Labute approximate surface area is 158 Å². The number of aromatic nitrogens is 5.